The molecule has 1 aliphatic rings. The normalized spacial score (nSPS) is 19.2. The number of nitrogens with two attached hydrogens (primary N) is 1. The molecule has 1 aromatic rings. The first kappa shape index (κ1) is 12.9. The van der Waals surface area contributed by atoms with Gasteiger partial charge >= 0.3 is 0 Å². The van der Waals surface area contributed by atoms with Crippen LogP contribution in [-0.2, 0) is 4.79 Å². The van der Waals surface area contributed by atoms with E-state index in [9.17, 15) is 9.59 Å². The van der Waals surface area contributed by atoms with Crippen LogP contribution in [0.1, 0.15) is 23.2 Å². The maximum absolute atomic E-state index is 12.0. The van der Waals surface area contributed by atoms with Gasteiger partial charge in [0.05, 0.1) is 0 Å². The molecule has 18 heavy (non-hydrogen) atoms. The average Bonchev–Trinajstić information content (AvgIpc) is 2.31. The van der Waals surface area contributed by atoms with Gasteiger partial charge in [-0.25, -0.2) is 0 Å². The summed E-state index contributed by atoms with van der Waals surface area (Å²) in [6.07, 6.45) is 1.12. The van der Waals surface area contributed by atoms with Gasteiger partial charge in [-0.1, -0.05) is 15.9 Å². The van der Waals surface area contributed by atoms with Crippen molar-refractivity contribution in [2.45, 2.75) is 18.9 Å². The Hall–Kier alpha value is -1.56. The molecule has 1 saturated heterocycles. The number of piperidine rings is 1. The Labute approximate surface area is 113 Å². The second kappa shape index (κ2) is 5.39. The number of halogens is 1. The summed E-state index contributed by atoms with van der Waals surface area (Å²) in [5.41, 5.74) is 6.73. The van der Waals surface area contributed by atoms with Gasteiger partial charge in [-0.3, -0.25) is 9.59 Å². The van der Waals surface area contributed by atoms with Crippen molar-refractivity contribution >= 4 is 33.4 Å². The number of nitrogens with one attached hydrogen (secondary N) is 2. The number of carbonyl (C=O) groups excluding carboxylic acids is 2. The van der Waals surface area contributed by atoms with Crippen molar-refractivity contribution in [3.05, 3.63) is 28.2 Å². The fourth-order valence-electron chi connectivity index (χ4n) is 1.87. The number of carbonyl (C=O) groups is 2. The summed E-state index contributed by atoms with van der Waals surface area (Å²) < 4.78 is 0.768. The SMILES string of the molecule is Nc1cc(Br)cc(C(=O)NC2CCC(=O)NC2)c1. The minimum atomic E-state index is -0.177. The van der Waals surface area contributed by atoms with Gasteiger partial charge in [0.1, 0.15) is 0 Å². The highest BCUT2D eigenvalue weighted by Gasteiger charge is 2.20. The molecular weight excluding hydrogens is 298 g/mol. The van der Waals surface area contributed by atoms with Crippen molar-refractivity contribution in [1.82, 2.24) is 10.6 Å². The summed E-state index contributed by atoms with van der Waals surface area (Å²) in [5, 5.41) is 5.60. The first-order chi connectivity index (χ1) is 8.54. The molecule has 1 unspecified atom stereocenters. The Balaban J connectivity index is 2.01. The molecule has 0 aliphatic carbocycles. The molecule has 1 aromatic carbocycles. The van der Waals surface area contributed by atoms with E-state index >= 15 is 0 Å². The number of benzene rings is 1. The van der Waals surface area contributed by atoms with Crippen LogP contribution < -0.4 is 16.4 Å². The molecular formula is C12H14BrN3O2. The number of rotatable bonds is 2. The molecule has 1 atom stereocenters. The van der Waals surface area contributed by atoms with E-state index in [0.717, 1.165) is 4.47 Å². The highest BCUT2D eigenvalue weighted by molar-refractivity contribution is 9.10. The molecule has 0 saturated carbocycles. The number of hydrogen-bond acceptors (Lipinski definition) is 3. The predicted molar refractivity (Wildman–Crippen MR) is 72.1 cm³/mol. The predicted octanol–water partition coefficient (Wildman–Crippen LogP) is 1.04. The third-order valence-corrected chi connectivity index (χ3v) is 3.24. The maximum atomic E-state index is 12.0. The lowest BCUT2D eigenvalue weighted by atomic mass is 10.1. The lowest BCUT2D eigenvalue weighted by Gasteiger charge is -2.23. The van der Waals surface area contributed by atoms with Gasteiger partial charge in [0.25, 0.3) is 5.91 Å². The summed E-state index contributed by atoms with van der Waals surface area (Å²) in [6.45, 7) is 0.480. The number of nitrogen functional groups attached to an aromatic ring is 1. The van der Waals surface area contributed by atoms with Crippen molar-refractivity contribution in [1.29, 1.82) is 0 Å². The third kappa shape index (κ3) is 3.22. The third-order valence-electron chi connectivity index (χ3n) is 2.78. The van der Waals surface area contributed by atoms with Gasteiger partial charge in [0, 0.05) is 34.7 Å². The van der Waals surface area contributed by atoms with Crippen LogP contribution in [-0.4, -0.2) is 24.4 Å². The molecule has 2 rings (SSSR count). The Morgan fingerprint density at radius 2 is 2.22 bits per heavy atom. The smallest absolute Gasteiger partial charge is 0.251 e. The van der Waals surface area contributed by atoms with E-state index in [0.29, 0.717) is 30.6 Å². The molecule has 2 amide bonds. The molecule has 0 aromatic heterocycles. The van der Waals surface area contributed by atoms with Gasteiger partial charge in [-0.2, -0.15) is 0 Å². The summed E-state index contributed by atoms with van der Waals surface area (Å²) in [7, 11) is 0. The molecule has 96 valence electrons. The molecule has 1 heterocycles. The first-order valence-electron chi connectivity index (χ1n) is 5.68. The van der Waals surface area contributed by atoms with E-state index in [1.807, 2.05) is 0 Å². The topological polar surface area (TPSA) is 84.2 Å². The van der Waals surface area contributed by atoms with Crippen LogP contribution in [0.5, 0.6) is 0 Å². The fraction of sp³-hybridized carbons (Fsp3) is 0.333. The zero-order valence-electron chi connectivity index (χ0n) is 9.70. The molecule has 1 fully saturated rings. The minimum Gasteiger partial charge on any atom is -0.399 e. The standard InChI is InChI=1S/C12H14BrN3O2/c13-8-3-7(4-9(14)5-8)12(18)16-10-1-2-11(17)15-6-10/h3-5,10H,1-2,6,14H2,(H,15,17)(H,16,18). The van der Waals surface area contributed by atoms with Gasteiger partial charge < -0.3 is 16.4 Å². The summed E-state index contributed by atoms with van der Waals surface area (Å²) in [4.78, 5) is 23.0. The summed E-state index contributed by atoms with van der Waals surface area (Å²) in [6, 6.07) is 5.06. The van der Waals surface area contributed by atoms with Crippen LogP contribution in [0.3, 0.4) is 0 Å². The number of amides is 2. The molecule has 0 spiro atoms. The van der Waals surface area contributed by atoms with Crippen LogP contribution in [0.15, 0.2) is 22.7 Å². The fourth-order valence-corrected chi connectivity index (χ4v) is 2.38. The largest absolute Gasteiger partial charge is 0.399 e. The molecule has 6 heteroatoms. The monoisotopic (exact) mass is 311 g/mol. The molecule has 1 aliphatic heterocycles. The van der Waals surface area contributed by atoms with Crippen molar-refractivity contribution in [2.24, 2.45) is 0 Å². The second-order valence-electron chi connectivity index (χ2n) is 4.29. The number of hydrogen-bond donors (Lipinski definition) is 3. The van der Waals surface area contributed by atoms with Gasteiger partial charge in [-0.15, -0.1) is 0 Å². The highest BCUT2D eigenvalue weighted by atomic mass is 79.9. The van der Waals surface area contributed by atoms with Crippen molar-refractivity contribution < 1.29 is 9.59 Å². The summed E-state index contributed by atoms with van der Waals surface area (Å²) in [5.74, 6) is -0.142. The Morgan fingerprint density at radius 3 is 2.83 bits per heavy atom. The molecule has 4 N–H and O–H groups in total. The summed E-state index contributed by atoms with van der Waals surface area (Å²) >= 11 is 3.30. The van der Waals surface area contributed by atoms with Crippen molar-refractivity contribution in [2.75, 3.05) is 12.3 Å². The van der Waals surface area contributed by atoms with E-state index in [1.165, 1.54) is 0 Å². The van der Waals surface area contributed by atoms with Crippen LogP contribution >= 0.6 is 15.9 Å². The zero-order valence-corrected chi connectivity index (χ0v) is 11.3. The lowest BCUT2D eigenvalue weighted by molar-refractivity contribution is -0.122. The van der Waals surface area contributed by atoms with Gasteiger partial charge in [-0.05, 0) is 24.6 Å². The highest BCUT2D eigenvalue weighted by Crippen LogP contribution is 2.17. The van der Waals surface area contributed by atoms with Crippen molar-refractivity contribution in [3.8, 4) is 0 Å². The first-order valence-corrected chi connectivity index (χ1v) is 6.47. The zero-order chi connectivity index (χ0) is 13.1. The van der Waals surface area contributed by atoms with Gasteiger partial charge in [0.15, 0.2) is 0 Å². The van der Waals surface area contributed by atoms with Crippen LogP contribution in [0.25, 0.3) is 0 Å². The van der Waals surface area contributed by atoms with Crippen LogP contribution in [0.4, 0.5) is 5.69 Å². The number of anilines is 1. The maximum Gasteiger partial charge on any atom is 0.251 e. The van der Waals surface area contributed by atoms with E-state index < -0.39 is 0 Å². The minimum absolute atomic E-state index is 0.0181. The Bertz CT molecular complexity index is 460. The molecule has 0 radical (unpaired) electrons. The van der Waals surface area contributed by atoms with Crippen LogP contribution in [0.2, 0.25) is 0 Å². The van der Waals surface area contributed by atoms with E-state index in [2.05, 4.69) is 26.6 Å². The molecule has 0 bridgehead atoms. The Kier molecular flexibility index (Phi) is 3.86. The average molecular weight is 312 g/mol. The van der Waals surface area contributed by atoms with E-state index in [-0.39, 0.29) is 17.9 Å². The quantitative estimate of drug-likeness (QED) is 0.714. The lowest BCUT2D eigenvalue weighted by Crippen LogP contribution is -2.47. The second-order valence-corrected chi connectivity index (χ2v) is 5.20. The van der Waals surface area contributed by atoms with Crippen molar-refractivity contribution in [3.63, 3.8) is 0 Å². The van der Waals surface area contributed by atoms with E-state index in [4.69, 9.17) is 5.73 Å². The van der Waals surface area contributed by atoms with E-state index in [1.54, 1.807) is 18.2 Å². The van der Waals surface area contributed by atoms with Gasteiger partial charge in [0.2, 0.25) is 5.91 Å². The van der Waals surface area contributed by atoms with Crippen LogP contribution in [0, 0.1) is 0 Å². The Morgan fingerprint density at radius 1 is 1.44 bits per heavy atom. The molecule has 5 nitrogen and oxygen atoms in total.